The topological polar surface area (TPSA) is 185 Å². The molecule has 3 aliphatic heterocycles. The van der Waals surface area contributed by atoms with Crippen LogP contribution in [-0.2, 0) is 33.3 Å². The van der Waals surface area contributed by atoms with Gasteiger partial charge < -0.3 is 49.2 Å². The second-order valence-electron chi connectivity index (χ2n) is 12.8. The van der Waals surface area contributed by atoms with Gasteiger partial charge >= 0.3 is 11.9 Å². The quantitative estimate of drug-likeness (QED) is 0.115. The van der Waals surface area contributed by atoms with E-state index >= 15 is 0 Å². The van der Waals surface area contributed by atoms with Gasteiger partial charge in [-0.1, -0.05) is 39.0 Å². The van der Waals surface area contributed by atoms with Gasteiger partial charge in [-0.2, -0.15) is 0 Å². The number of carboxylic acid groups (broad SMARTS) is 1. The number of carbonyl (C=O) groups excluding carboxylic acids is 1. The lowest BCUT2D eigenvalue weighted by molar-refractivity contribution is -0.287. The Morgan fingerprint density at radius 3 is 2.33 bits per heavy atom. The second-order valence-corrected chi connectivity index (χ2v) is 12.8. The summed E-state index contributed by atoms with van der Waals surface area (Å²) >= 11 is 0. The molecule has 3 aliphatic rings. The number of aliphatic carboxylic acids is 1. The van der Waals surface area contributed by atoms with Crippen LogP contribution in [0.2, 0.25) is 0 Å². The van der Waals surface area contributed by atoms with Gasteiger partial charge in [0.25, 0.3) is 0 Å². The van der Waals surface area contributed by atoms with Crippen LogP contribution in [0.5, 0.6) is 0 Å². The molecule has 0 spiro atoms. The Morgan fingerprint density at radius 1 is 1.05 bits per heavy atom. The van der Waals surface area contributed by atoms with Crippen LogP contribution in [0.15, 0.2) is 23.8 Å². The number of hydrogen-bond donors (Lipinski definition) is 5. The maximum Gasteiger partial charge on any atom is 0.335 e. The Labute approximate surface area is 253 Å². The van der Waals surface area contributed by atoms with Crippen LogP contribution in [0, 0.1) is 17.8 Å². The van der Waals surface area contributed by atoms with Crippen molar-refractivity contribution in [3.05, 3.63) is 23.8 Å². The normalized spacial score (nSPS) is 39.6. The molecule has 0 bridgehead atoms. The molecule has 0 amide bonds. The summed E-state index contributed by atoms with van der Waals surface area (Å²) in [5.74, 6) is -1.82. The Balaban J connectivity index is 1.51. The van der Waals surface area contributed by atoms with Gasteiger partial charge in [-0.3, -0.25) is 4.79 Å². The standard InChI is InChI=1S/C31H50O12/c1-15(14-31(6)28(43-31)18(4)26(39-7)19(5)32)9-8-10-16(2)25-17(3)11-12-20(40-25)13-21(33)41-30-24(36)22(34)23(35)27(42-30)29(37)38/h8-10,15,17-20,22-28,30,32,34-36H,11-14H2,1-7H3,(H,37,38)/b9-8+,16-10+/t15-,17+,18-,19-,20-,22+,23+,24-,25-,26-,27+,28-,30-,31-/m1/s1. The summed E-state index contributed by atoms with van der Waals surface area (Å²) in [6, 6.07) is 0. The summed E-state index contributed by atoms with van der Waals surface area (Å²) < 4.78 is 28.0. The molecule has 0 aromatic heterocycles. The van der Waals surface area contributed by atoms with E-state index in [0.29, 0.717) is 6.42 Å². The van der Waals surface area contributed by atoms with E-state index < -0.39 is 54.9 Å². The van der Waals surface area contributed by atoms with Crippen molar-refractivity contribution in [3.8, 4) is 0 Å². The summed E-state index contributed by atoms with van der Waals surface area (Å²) in [6.07, 6.45) is -2.41. The Bertz CT molecular complexity index is 1010. The van der Waals surface area contributed by atoms with E-state index in [1.807, 2.05) is 26.0 Å². The third-order valence-electron chi connectivity index (χ3n) is 8.91. The molecule has 0 aromatic rings. The van der Waals surface area contributed by atoms with Gasteiger partial charge in [0.05, 0.1) is 42.5 Å². The monoisotopic (exact) mass is 614 g/mol. The van der Waals surface area contributed by atoms with E-state index in [2.05, 4.69) is 26.8 Å². The van der Waals surface area contributed by atoms with E-state index in [1.54, 1.807) is 14.0 Å². The summed E-state index contributed by atoms with van der Waals surface area (Å²) in [5, 5.41) is 49.1. The van der Waals surface area contributed by atoms with Crippen LogP contribution >= 0.6 is 0 Å². The van der Waals surface area contributed by atoms with Crippen molar-refractivity contribution in [1.29, 1.82) is 0 Å². The molecule has 5 N–H and O–H groups in total. The SMILES string of the molecule is CO[C@H]([C@@H](C)[C@H]1O[C@]1(C)C[C@H](C)/C=C/C=C(\C)[C@H]1O[C@@H](CC(=O)O[C@@H]2O[C@H](C(=O)O)[C@@H](O)[C@H](O)[C@H]2O)CC[C@@H]1C)[C@@H](C)O. The molecule has 246 valence electrons. The highest BCUT2D eigenvalue weighted by Gasteiger charge is 2.57. The number of ether oxygens (including phenoxy) is 5. The van der Waals surface area contributed by atoms with Crippen LogP contribution in [0.25, 0.3) is 0 Å². The van der Waals surface area contributed by atoms with Crippen molar-refractivity contribution in [2.24, 2.45) is 17.8 Å². The molecule has 3 heterocycles. The summed E-state index contributed by atoms with van der Waals surface area (Å²) in [4.78, 5) is 23.9. The van der Waals surface area contributed by atoms with Crippen LogP contribution in [0.4, 0.5) is 0 Å². The van der Waals surface area contributed by atoms with Gasteiger partial charge in [0.15, 0.2) is 6.10 Å². The lowest BCUT2D eigenvalue weighted by Crippen LogP contribution is -2.60. The Hall–Kier alpha value is -1.90. The first-order valence-corrected chi connectivity index (χ1v) is 15.1. The number of methoxy groups -OCH3 is 1. The minimum Gasteiger partial charge on any atom is -0.479 e. The minimum absolute atomic E-state index is 0.0171. The van der Waals surface area contributed by atoms with Crippen molar-refractivity contribution in [2.45, 2.75) is 134 Å². The largest absolute Gasteiger partial charge is 0.479 e. The van der Waals surface area contributed by atoms with Crippen molar-refractivity contribution < 1.29 is 58.8 Å². The lowest BCUT2D eigenvalue weighted by Gasteiger charge is -2.38. The van der Waals surface area contributed by atoms with Crippen molar-refractivity contribution >= 4 is 11.9 Å². The maximum atomic E-state index is 12.6. The molecule has 0 aromatic carbocycles. The smallest absolute Gasteiger partial charge is 0.335 e. The zero-order valence-corrected chi connectivity index (χ0v) is 26.2. The average molecular weight is 615 g/mol. The fourth-order valence-corrected chi connectivity index (χ4v) is 6.53. The van der Waals surface area contributed by atoms with Gasteiger partial charge in [0.2, 0.25) is 6.29 Å². The van der Waals surface area contributed by atoms with Crippen molar-refractivity contribution in [2.75, 3.05) is 7.11 Å². The molecule has 0 aliphatic carbocycles. The number of aliphatic hydroxyl groups excluding tert-OH is 4. The number of epoxide rings is 1. The van der Waals surface area contributed by atoms with E-state index in [4.69, 9.17) is 23.7 Å². The Kier molecular flexibility index (Phi) is 12.3. The van der Waals surface area contributed by atoms with Crippen LogP contribution in [0.1, 0.15) is 67.2 Å². The fourth-order valence-electron chi connectivity index (χ4n) is 6.53. The van der Waals surface area contributed by atoms with E-state index in [-0.39, 0.29) is 48.1 Å². The number of hydrogen-bond acceptors (Lipinski definition) is 11. The fraction of sp³-hybridized carbons (Fsp3) is 0.806. The number of allylic oxidation sites excluding steroid dienone is 3. The van der Waals surface area contributed by atoms with Gasteiger partial charge in [-0.25, -0.2) is 4.79 Å². The number of carbonyl (C=O) groups is 2. The number of rotatable bonds is 13. The molecule has 3 rings (SSSR count). The van der Waals surface area contributed by atoms with Gasteiger partial charge in [-0.15, -0.1) is 0 Å². The highest BCUT2D eigenvalue weighted by Crippen LogP contribution is 2.47. The molecule has 0 unspecified atom stereocenters. The maximum absolute atomic E-state index is 12.6. The average Bonchev–Trinajstić information content (AvgIpc) is 3.59. The van der Waals surface area contributed by atoms with Crippen LogP contribution in [0.3, 0.4) is 0 Å². The number of carboxylic acids is 1. The molecule has 0 radical (unpaired) electrons. The molecule has 14 atom stereocenters. The second kappa shape index (κ2) is 14.9. The number of aliphatic hydroxyl groups is 4. The van der Waals surface area contributed by atoms with E-state index in [9.17, 15) is 35.1 Å². The molecule has 3 saturated heterocycles. The first-order valence-electron chi connectivity index (χ1n) is 15.1. The van der Waals surface area contributed by atoms with Crippen LogP contribution in [-0.4, -0.2) is 111 Å². The van der Waals surface area contributed by atoms with Gasteiger partial charge in [0.1, 0.15) is 18.3 Å². The molecule has 43 heavy (non-hydrogen) atoms. The summed E-state index contributed by atoms with van der Waals surface area (Å²) in [5.41, 5.74) is 0.725. The molecular weight excluding hydrogens is 564 g/mol. The third-order valence-corrected chi connectivity index (χ3v) is 8.91. The summed E-state index contributed by atoms with van der Waals surface area (Å²) in [6.45, 7) is 12.0. The number of esters is 1. The highest BCUT2D eigenvalue weighted by molar-refractivity contribution is 5.73. The minimum atomic E-state index is -1.87. The first-order chi connectivity index (χ1) is 20.1. The predicted octanol–water partition coefficient (Wildman–Crippen LogP) is 1.71. The van der Waals surface area contributed by atoms with Gasteiger partial charge in [-0.05, 0) is 57.4 Å². The Morgan fingerprint density at radius 2 is 1.72 bits per heavy atom. The highest BCUT2D eigenvalue weighted by atomic mass is 16.7. The zero-order chi connectivity index (χ0) is 32.2. The zero-order valence-electron chi connectivity index (χ0n) is 26.2. The van der Waals surface area contributed by atoms with E-state index in [1.165, 1.54) is 0 Å². The molecule has 12 heteroatoms. The first kappa shape index (κ1) is 35.6. The summed E-state index contributed by atoms with van der Waals surface area (Å²) in [7, 11) is 1.60. The van der Waals surface area contributed by atoms with Crippen molar-refractivity contribution in [1.82, 2.24) is 0 Å². The lowest BCUT2D eigenvalue weighted by atomic mass is 9.85. The predicted molar refractivity (Wildman–Crippen MR) is 154 cm³/mol. The molecular formula is C31H50O12. The molecule has 12 nitrogen and oxygen atoms in total. The molecule has 0 saturated carbocycles. The third kappa shape index (κ3) is 8.85. The van der Waals surface area contributed by atoms with Gasteiger partial charge in [0, 0.05) is 13.0 Å². The molecule has 3 fully saturated rings. The van der Waals surface area contributed by atoms with E-state index in [0.717, 1.165) is 18.4 Å². The van der Waals surface area contributed by atoms with Crippen molar-refractivity contribution in [3.63, 3.8) is 0 Å². The van der Waals surface area contributed by atoms with Crippen LogP contribution < -0.4 is 0 Å².